The average molecular weight is 282 g/mol. The Morgan fingerprint density at radius 3 is 3.16 bits per heavy atom. The predicted octanol–water partition coefficient (Wildman–Crippen LogP) is 1.65. The summed E-state index contributed by atoms with van der Waals surface area (Å²) >= 11 is 1.83. The highest BCUT2D eigenvalue weighted by Gasteiger charge is 2.11. The topological polar surface area (TPSA) is 40.2 Å². The Labute approximate surface area is 120 Å². The molecule has 2 heterocycles. The van der Waals surface area contributed by atoms with Gasteiger partial charge in [0.2, 0.25) is 0 Å². The van der Waals surface area contributed by atoms with Crippen LogP contribution in [-0.2, 0) is 6.42 Å². The van der Waals surface area contributed by atoms with Gasteiger partial charge in [-0.05, 0) is 32.9 Å². The summed E-state index contributed by atoms with van der Waals surface area (Å²) in [4.78, 5) is 8.42. The first kappa shape index (κ1) is 14.9. The minimum absolute atomic E-state index is 0.371. The molecule has 0 bridgehead atoms. The fourth-order valence-corrected chi connectivity index (χ4v) is 3.22. The third-order valence-electron chi connectivity index (χ3n) is 3.60. The van der Waals surface area contributed by atoms with Crippen molar-refractivity contribution in [2.24, 2.45) is 0 Å². The fourth-order valence-electron chi connectivity index (χ4n) is 2.34. The van der Waals surface area contributed by atoms with Gasteiger partial charge in [-0.15, -0.1) is 11.3 Å². The Balaban J connectivity index is 1.69. The molecule has 1 aromatic rings. The van der Waals surface area contributed by atoms with E-state index in [1.807, 2.05) is 17.5 Å². The second-order valence-electron chi connectivity index (χ2n) is 5.14. The van der Waals surface area contributed by atoms with Crippen molar-refractivity contribution in [3.63, 3.8) is 0 Å². The van der Waals surface area contributed by atoms with Crippen molar-refractivity contribution in [3.8, 4) is 0 Å². The molecule has 1 aliphatic heterocycles. The summed E-state index contributed by atoms with van der Waals surface area (Å²) in [5.41, 5.74) is 0. The van der Waals surface area contributed by atoms with Gasteiger partial charge in [0, 0.05) is 37.3 Å². The van der Waals surface area contributed by atoms with Crippen molar-refractivity contribution >= 4 is 11.3 Å². The van der Waals surface area contributed by atoms with E-state index in [0.717, 1.165) is 26.1 Å². The maximum atomic E-state index is 4.50. The molecule has 2 rings (SSSR count). The number of aryl methyl sites for hydroxylation is 1. The summed E-state index contributed by atoms with van der Waals surface area (Å²) in [6, 6.07) is 0.371. The molecule has 0 amide bonds. The van der Waals surface area contributed by atoms with Gasteiger partial charge in [0.1, 0.15) is 5.01 Å². The standard InChI is InChI=1S/C14H26N4S/c1-3-13-11-17-14(19-13)12(2)16-7-10-18-8-4-5-15-6-9-18/h11-12,15-16H,3-10H2,1-2H3. The molecule has 19 heavy (non-hydrogen) atoms. The number of nitrogens with zero attached hydrogens (tertiary/aromatic N) is 2. The molecule has 1 aromatic heterocycles. The summed E-state index contributed by atoms with van der Waals surface area (Å²) in [7, 11) is 0. The molecule has 0 spiro atoms. The molecule has 5 heteroatoms. The van der Waals surface area contributed by atoms with Crippen molar-refractivity contribution in [1.29, 1.82) is 0 Å². The van der Waals surface area contributed by atoms with Crippen LogP contribution < -0.4 is 10.6 Å². The van der Waals surface area contributed by atoms with Crippen LogP contribution in [0.3, 0.4) is 0 Å². The first-order chi connectivity index (χ1) is 9.29. The van der Waals surface area contributed by atoms with E-state index in [1.54, 1.807) is 0 Å². The fraction of sp³-hybridized carbons (Fsp3) is 0.786. The Morgan fingerprint density at radius 1 is 1.47 bits per heavy atom. The summed E-state index contributed by atoms with van der Waals surface area (Å²) in [6.07, 6.45) is 4.37. The monoisotopic (exact) mass is 282 g/mol. The van der Waals surface area contributed by atoms with Crippen LogP contribution in [-0.4, -0.2) is 49.2 Å². The van der Waals surface area contributed by atoms with Crippen molar-refractivity contribution < 1.29 is 0 Å². The maximum absolute atomic E-state index is 4.50. The van der Waals surface area contributed by atoms with Gasteiger partial charge in [0.15, 0.2) is 0 Å². The molecule has 108 valence electrons. The lowest BCUT2D eigenvalue weighted by Gasteiger charge is -2.20. The van der Waals surface area contributed by atoms with Crippen LogP contribution in [0.2, 0.25) is 0 Å². The largest absolute Gasteiger partial charge is 0.315 e. The third-order valence-corrected chi connectivity index (χ3v) is 4.93. The molecule has 1 saturated heterocycles. The summed E-state index contributed by atoms with van der Waals surface area (Å²) in [5.74, 6) is 0. The molecule has 1 unspecified atom stereocenters. The molecule has 4 nitrogen and oxygen atoms in total. The maximum Gasteiger partial charge on any atom is 0.109 e. The Morgan fingerprint density at radius 2 is 2.37 bits per heavy atom. The van der Waals surface area contributed by atoms with Crippen LogP contribution in [0.5, 0.6) is 0 Å². The lowest BCUT2D eigenvalue weighted by molar-refractivity contribution is 0.287. The lowest BCUT2D eigenvalue weighted by atomic mass is 10.3. The van der Waals surface area contributed by atoms with Crippen molar-refractivity contribution in [1.82, 2.24) is 20.5 Å². The molecule has 0 saturated carbocycles. The molecule has 0 aliphatic carbocycles. The van der Waals surface area contributed by atoms with E-state index in [4.69, 9.17) is 0 Å². The normalized spacial score (nSPS) is 19.3. The minimum atomic E-state index is 0.371. The second kappa shape index (κ2) is 7.94. The molecule has 0 radical (unpaired) electrons. The number of nitrogens with one attached hydrogen (secondary N) is 2. The highest BCUT2D eigenvalue weighted by atomic mass is 32.1. The zero-order valence-corrected chi connectivity index (χ0v) is 12.9. The number of hydrogen-bond acceptors (Lipinski definition) is 5. The quantitative estimate of drug-likeness (QED) is 0.832. The van der Waals surface area contributed by atoms with Crippen LogP contribution in [0.1, 0.15) is 36.2 Å². The van der Waals surface area contributed by atoms with Gasteiger partial charge in [-0.3, -0.25) is 0 Å². The molecule has 1 fully saturated rings. The van der Waals surface area contributed by atoms with Gasteiger partial charge in [-0.25, -0.2) is 4.98 Å². The third kappa shape index (κ3) is 4.84. The van der Waals surface area contributed by atoms with Crippen LogP contribution in [0.25, 0.3) is 0 Å². The molecule has 1 atom stereocenters. The first-order valence-electron chi connectivity index (χ1n) is 7.40. The average Bonchev–Trinajstić information content (AvgIpc) is 2.76. The van der Waals surface area contributed by atoms with E-state index in [9.17, 15) is 0 Å². The molecule has 0 aromatic carbocycles. The summed E-state index contributed by atoms with van der Waals surface area (Å²) in [5, 5.41) is 8.25. The zero-order valence-electron chi connectivity index (χ0n) is 12.1. The molecule has 1 aliphatic rings. The van der Waals surface area contributed by atoms with Crippen LogP contribution in [0.4, 0.5) is 0 Å². The predicted molar refractivity (Wildman–Crippen MR) is 81.8 cm³/mol. The zero-order chi connectivity index (χ0) is 13.5. The molecule has 2 N–H and O–H groups in total. The Hall–Kier alpha value is -0.490. The minimum Gasteiger partial charge on any atom is -0.315 e. The smallest absolute Gasteiger partial charge is 0.109 e. The van der Waals surface area contributed by atoms with Crippen molar-refractivity contribution in [2.75, 3.05) is 39.3 Å². The van der Waals surface area contributed by atoms with Gasteiger partial charge < -0.3 is 15.5 Å². The Bertz CT molecular complexity index is 358. The van der Waals surface area contributed by atoms with Gasteiger partial charge in [0.05, 0.1) is 6.04 Å². The van der Waals surface area contributed by atoms with E-state index >= 15 is 0 Å². The number of rotatable bonds is 6. The van der Waals surface area contributed by atoms with Crippen LogP contribution in [0, 0.1) is 0 Å². The van der Waals surface area contributed by atoms with Crippen molar-refractivity contribution in [2.45, 2.75) is 32.7 Å². The summed E-state index contributed by atoms with van der Waals surface area (Å²) in [6.45, 7) is 11.3. The highest BCUT2D eigenvalue weighted by molar-refractivity contribution is 7.11. The number of hydrogen-bond donors (Lipinski definition) is 2. The van der Waals surface area contributed by atoms with Crippen LogP contribution in [0.15, 0.2) is 6.20 Å². The van der Waals surface area contributed by atoms with E-state index < -0.39 is 0 Å². The molecular weight excluding hydrogens is 256 g/mol. The van der Waals surface area contributed by atoms with Crippen LogP contribution >= 0.6 is 11.3 Å². The van der Waals surface area contributed by atoms with Crippen molar-refractivity contribution in [3.05, 3.63) is 16.1 Å². The lowest BCUT2D eigenvalue weighted by Crippen LogP contribution is -2.35. The highest BCUT2D eigenvalue weighted by Crippen LogP contribution is 2.19. The van der Waals surface area contributed by atoms with Gasteiger partial charge in [-0.2, -0.15) is 0 Å². The van der Waals surface area contributed by atoms with E-state index in [-0.39, 0.29) is 0 Å². The van der Waals surface area contributed by atoms with Gasteiger partial charge in [0.25, 0.3) is 0 Å². The number of thiazole rings is 1. The van der Waals surface area contributed by atoms with E-state index in [1.165, 1.54) is 35.9 Å². The first-order valence-corrected chi connectivity index (χ1v) is 8.22. The van der Waals surface area contributed by atoms with Gasteiger partial charge >= 0.3 is 0 Å². The number of aromatic nitrogens is 1. The Kier molecular flexibility index (Phi) is 6.23. The van der Waals surface area contributed by atoms with Gasteiger partial charge in [-0.1, -0.05) is 6.92 Å². The van der Waals surface area contributed by atoms with E-state index in [2.05, 4.69) is 34.4 Å². The summed E-state index contributed by atoms with van der Waals surface area (Å²) < 4.78 is 0. The second-order valence-corrected chi connectivity index (χ2v) is 6.29. The SMILES string of the molecule is CCc1cnc(C(C)NCCN2CCCNCC2)s1. The van der Waals surface area contributed by atoms with E-state index in [0.29, 0.717) is 6.04 Å². The molecular formula is C14H26N4S.